The number of H-pyrrole nitrogens is 1. The minimum absolute atomic E-state index is 0.816. The average Bonchev–Trinajstić information content (AvgIpc) is 3.03. The summed E-state index contributed by atoms with van der Waals surface area (Å²) < 4.78 is 2.59. The number of hydrogen-bond donors (Lipinski definition) is 1. The molecule has 0 spiro atoms. The van der Waals surface area contributed by atoms with Crippen molar-refractivity contribution < 1.29 is 0 Å². The number of fused-ring (bicyclic) bond motifs is 7. The number of para-hydroxylation sites is 1. The van der Waals surface area contributed by atoms with Crippen molar-refractivity contribution in [2.24, 2.45) is 0 Å². The van der Waals surface area contributed by atoms with Gasteiger partial charge >= 0.3 is 0 Å². The van der Waals surface area contributed by atoms with E-state index in [1.807, 2.05) is 23.5 Å². The highest BCUT2D eigenvalue weighted by molar-refractivity contribution is 7.26. The molecular formula is C18H10ClNS. The van der Waals surface area contributed by atoms with Crippen molar-refractivity contribution in [3.63, 3.8) is 0 Å². The maximum atomic E-state index is 6.48. The lowest BCUT2D eigenvalue weighted by atomic mass is 10.1. The standard InChI is InChI=1S/C18H10ClNS/c19-12-6-3-4-10-8-9-14-16(15(10)12)17-18(21-14)11-5-1-2-7-13(11)20-17/h1-9,20H. The Morgan fingerprint density at radius 1 is 0.857 bits per heavy atom. The molecule has 3 aromatic carbocycles. The molecule has 2 aromatic heterocycles. The second-order valence-electron chi connectivity index (χ2n) is 5.25. The highest BCUT2D eigenvalue weighted by Crippen LogP contribution is 2.43. The van der Waals surface area contributed by atoms with E-state index in [1.54, 1.807) is 0 Å². The first-order valence-electron chi connectivity index (χ1n) is 6.83. The number of aromatic amines is 1. The van der Waals surface area contributed by atoms with Gasteiger partial charge in [0.05, 0.1) is 10.2 Å². The van der Waals surface area contributed by atoms with Crippen LogP contribution in [0.3, 0.4) is 0 Å². The molecule has 0 saturated heterocycles. The number of thiophene rings is 1. The van der Waals surface area contributed by atoms with Gasteiger partial charge in [-0.25, -0.2) is 0 Å². The number of benzene rings is 3. The molecule has 0 amide bonds. The first-order valence-corrected chi connectivity index (χ1v) is 8.02. The average molecular weight is 308 g/mol. The molecule has 0 radical (unpaired) electrons. The van der Waals surface area contributed by atoms with Gasteiger partial charge in [0.15, 0.2) is 0 Å². The molecule has 0 fully saturated rings. The first kappa shape index (κ1) is 11.6. The number of halogens is 1. The zero-order valence-electron chi connectivity index (χ0n) is 11.0. The van der Waals surface area contributed by atoms with E-state index < -0.39 is 0 Å². The van der Waals surface area contributed by atoms with Gasteiger partial charge in [-0.15, -0.1) is 11.3 Å². The zero-order chi connectivity index (χ0) is 14.0. The van der Waals surface area contributed by atoms with Crippen molar-refractivity contribution in [3.05, 3.63) is 59.6 Å². The lowest BCUT2D eigenvalue weighted by molar-refractivity contribution is 1.57. The van der Waals surface area contributed by atoms with Crippen LogP contribution in [0, 0.1) is 0 Å². The molecule has 0 bridgehead atoms. The van der Waals surface area contributed by atoms with Gasteiger partial charge in [-0.1, -0.05) is 48.0 Å². The third-order valence-corrected chi connectivity index (χ3v) is 5.58. The number of nitrogens with one attached hydrogen (secondary N) is 1. The fourth-order valence-electron chi connectivity index (χ4n) is 3.16. The fourth-order valence-corrected chi connectivity index (χ4v) is 4.64. The lowest BCUT2D eigenvalue weighted by Crippen LogP contribution is -1.76. The third kappa shape index (κ3) is 1.46. The molecule has 0 unspecified atom stereocenters. The van der Waals surface area contributed by atoms with Crippen LogP contribution < -0.4 is 0 Å². The van der Waals surface area contributed by atoms with E-state index in [-0.39, 0.29) is 0 Å². The highest BCUT2D eigenvalue weighted by Gasteiger charge is 2.14. The van der Waals surface area contributed by atoms with Crippen LogP contribution in [-0.2, 0) is 0 Å². The maximum Gasteiger partial charge on any atom is 0.0661 e. The molecule has 0 aliphatic carbocycles. The summed E-state index contributed by atoms with van der Waals surface area (Å²) in [6.07, 6.45) is 0. The van der Waals surface area contributed by atoms with Crippen LogP contribution >= 0.6 is 22.9 Å². The Kier molecular flexibility index (Phi) is 2.21. The van der Waals surface area contributed by atoms with Crippen molar-refractivity contribution in [1.82, 2.24) is 4.98 Å². The van der Waals surface area contributed by atoms with Crippen LogP contribution in [0.4, 0.5) is 0 Å². The second-order valence-corrected chi connectivity index (χ2v) is 6.71. The molecule has 0 saturated carbocycles. The van der Waals surface area contributed by atoms with E-state index in [2.05, 4.69) is 47.4 Å². The molecule has 0 aliphatic rings. The zero-order valence-corrected chi connectivity index (χ0v) is 12.6. The van der Waals surface area contributed by atoms with Gasteiger partial charge in [0.1, 0.15) is 0 Å². The van der Waals surface area contributed by atoms with Crippen LogP contribution in [-0.4, -0.2) is 4.98 Å². The summed E-state index contributed by atoms with van der Waals surface area (Å²) in [5, 5.41) is 5.68. The monoisotopic (exact) mass is 307 g/mol. The fraction of sp³-hybridized carbons (Fsp3) is 0. The molecule has 3 heteroatoms. The predicted octanol–water partition coefficient (Wildman–Crippen LogP) is 6.34. The molecule has 2 heterocycles. The van der Waals surface area contributed by atoms with E-state index in [1.165, 1.54) is 36.6 Å². The van der Waals surface area contributed by atoms with Crippen LogP contribution in [0.2, 0.25) is 5.02 Å². The summed E-state index contributed by atoms with van der Waals surface area (Å²) in [6, 6.07) is 18.9. The van der Waals surface area contributed by atoms with Gasteiger partial charge in [-0.2, -0.15) is 0 Å². The second kappa shape index (κ2) is 4.00. The van der Waals surface area contributed by atoms with E-state index in [0.717, 1.165) is 10.4 Å². The van der Waals surface area contributed by atoms with Gasteiger partial charge in [0.25, 0.3) is 0 Å². The van der Waals surface area contributed by atoms with Crippen molar-refractivity contribution in [2.45, 2.75) is 0 Å². The third-order valence-electron chi connectivity index (χ3n) is 4.08. The Bertz CT molecular complexity index is 1150. The highest BCUT2D eigenvalue weighted by atomic mass is 35.5. The van der Waals surface area contributed by atoms with Gasteiger partial charge in [0, 0.05) is 31.4 Å². The molecular weight excluding hydrogens is 298 g/mol. The Hall–Kier alpha value is -2.03. The lowest BCUT2D eigenvalue weighted by Gasteiger charge is -2.02. The summed E-state index contributed by atoms with van der Waals surface area (Å²) in [5.41, 5.74) is 2.39. The van der Waals surface area contributed by atoms with E-state index >= 15 is 0 Å². The van der Waals surface area contributed by atoms with Gasteiger partial charge in [-0.05, 0) is 23.6 Å². The summed E-state index contributed by atoms with van der Waals surface area (Å²) in [5.74, 6) is 0. The Morgan fingerprint density at radius 2 is 1.76 bits per heavy atom. The van der Waals surface area contributed by atoms with Gasteiger partial charge in [0.2, 0.25) is 0 Å². The molecule has 1 N–H and O–H groups in total. The molecule has 21 heavy (non-hydrogen) atoms. The normalized spacial score (nSPS) is 12.0. The van der Waals surface area contributed by atoms with E-state index in [4.69, 9.17) is 11.6 Å². The minimum atomic E-state index is 0.816. The SMILES string of the molecule is Clc1cccc2ccc3sc4c5ccccc5[nH]c4c3c12. The van der Waals surface area contributed by atoms with Gasteiger partial charge in [-0.3, -0.25) is 0 Å². The quantitative estimate of drug-likeness (QED) is 0.343. The number of rotatable bonds is 0. The molecule has 5 rings (SSSR count). The largest absolute Gasteiger partial charge is 0.353 e. The van der Waals surface area contributed by atoms with Crippen LogP contribution in [0.1, 0.15) is 0 Å². The van der Waals surface area contributed by atoms with Crippen LogP contribution in [0.25, 0.3) is 42.0 Å². The topological polar surface area (TPSA) is 15.8 Å². The Labute approximate surface area is 129 Å². The summed E-state index contributed by atoms with van der Waals surface area (Å²) >= 11 is 8.31. The van der Waals surface area contributed by atoms with Gasteiger partial charge < -0.3 is 4.98 Å². The molecule has 1 nitrogen and oxygen atoms in total. The van der Waals surface area contributed by atoms with Crippen LogP contribution in [0.15, 0.2) is 54.6 Å². The first-order chi connectivity index (χ1) is 10.3. The van der Waals surface area contributed by atoms with Crippen molar-refractivity contribution >= 4 is 64.9 Å². The summed E-state index contributed by atoms with van der Waals surface area (Å²) in [6.45, 7) is 0. The molecule has 0 atom stereocenters. The van der Waals surface area contributed by atoms with Crippen molar-refractivity contribution in [2.75, 3.05) is 0 Å². The van der Waals surface area contributed by atoms with Crippen molar-refractivity contribution in [3.8, 4) is 0 Å². The van der Waals surface area contributed by atoms with E-state index in [9.17, 15) is 0 Å². The van der Waals surface area contributed by atoms with Crippen molar-refractivity contribution in [1.29, 1.82) is 0 Å². The Balaban J connectivity index is 2.14. The van der Waals surface area contributed by atoms with Crippen LogP contribution in [0.5, 0.6) is 0 Å². The smallest absolute Gasteiger partial charge is 0.0661 e. The summed E-state index contributed by atoms with van der Waals surface area (Å²) in [4.78, 5) is 3.57. The Morgan fingerprint density at radius 3 is 2.71 bits per heavy atom. The number of aromatic nitrogens is 1. The van der Waals surface area contributed by atoms with E-state index in [0.29, 0.717) is 0 Å². The molecule has 0 aliphatic heterocycles. The summed E-state index contributed by atoms with van der Waals surface area (Å²) in [7, 11) is 0. The minimum Gasteiger partial charge on any atom is -0.353 e. The maximum absolute atomic E-state index is 6.48. The molecule has 5 aromatic rings. The predicted molar refractivity (Wildman–Crippen MR) is 93.7 cm³/mol. The number of hydrogen-bond acceptors (Lipinski definition) is 1. The molecule has 100 valence electrons.